The molecule has 46 valence electrons. The van der Waals surface area contributed by atoms with Crippen molar-refractivity contribution in [1.29, 1.82) is 0 Å². The van der Waals surface area contributed by atoms with Crippen LogP contribution in [0.5, 0.6) is 0 Å². The molecule has 0 saturated carbocycles. The molecule has 4 heteroatoms. The van der Waals surface area contributed by atoms with Crippen molar-refractivity contribution in [3.63, 3.8) is 0 Å². The van der Waals surface area contributed by atoms with Gasteiger partial charge in [-0.15, -0.1) is 0 Å². The maximum atomic E-state index is 10.0. The number of allylic oxidation sites excluding steroid dienone is 1. The van der Waals surface area contributed by atoms with Crippen LogP contribution in [0.25, 0.3) is 0 Å². The van der Waals surface area contributed by atoms with Crippen LogP contribution in [0.3, 0.4) is 0 Å². The molecule has 5 N–H and O–H groups in total. The van der Waals surface area contributed by atoms with E-state index in [-0.39, 0.29) is 11.5 Å². The highest BCUT2D eigenvalue weighted by atomic mass is 16.3. The average Bonchev–Trinajstić information content (AvgIpc) is 1.64. The van der Waals surface area contributed by atoms with Crippen LogP contribution in [0.2, 0.25) is 0 Å². The molecule has 1 amide bonds. The second-order valence-electron chi connectivity index (χ2n) is 1.36. The number of hydrogen-bond donors (Lipinski definition) is 3. The van der Waals surface area contributed by atoms with Crippen molar-refractivity contribution in [2.75, 3.05) is 0 Å². The minimum atomic E-state index is -0.801. The average molecular weight is 116 g/mol. The molecule has 0 saturated heterocycles. The molecule has 0 rings (SSSR count). The Bertz CT molecular complexity index is 135. The van der Waals surface area contributed by atoms with E-state index in [2.05, 4.69) is 5.73 Å². The lowest BCUT2D eigenvalue weighted by atomic mass is 10.4. The number of carbonyl (C=O) groups excluding carboxylic acids is 1. The van der Waals surface area contributed by atoms with Gasteiger partial charge in [0.1, 0.15) is 11.5 Å². The lowest BCUT2D eigenvalue weighted by Crippen LogP contribution is -2.21. The molecule has 0 radical (unpaired) electrons. The quantitative estimate of drug-likeness (QED) is 0.310. The van der Waals surface area contributed by atoms with Crippen molar-refractivity contribution < 1.29 is 9.90 Å². The Balaban J connectivity index is 4.23. The number of amides is 1. The summed E-state index contributed by atoms with van der Waals surface area (Å²) >= 11 is 0. The largest absolute Gasteiger partial charge is 0.510 e. The number of hydrogen-bond acceptors (Lipinski definition) is 3. The predicted octanol–water partition coefficient (Wildman–Crippen LogP) is -0.780. The Morgan fingerprint density at radius 2 is 1.88 bits per heavy atom. The van der Waals surface area contributed by atoms with E-state index in [1.807, 2.05) is 0 Å². The van der Waals surface area contributed by atoms with Gasteiger partial charge in [0.2, 0.25) is 0 Å². The van der Waals surface area contributed by atoms with Gasteiger partial charge in [0.25, 0.3) is 5.91 Å². The molecule has 0 aliphatic heterocycles. The monoisotopic (exact) mass is 116 g/mol. The second kappa shape index (κ2) is 2.20. The third-order valence-corrected chi connectivity index (χ3v) is 0.655. The van der Waals surface area contributed by atoms with Gasteiger partial charge < -0.3 is 16.6 Å². The molecule has 0 aromatic carbocycles. The van der Waals surface area contributed by atoms with E-state index < -0.39 is 5.91 Å². The van der Waals surface area contributed by atoms with Crippen molar-refractivity contribution in [3.05, 3.63) is 11.5 Å². The summed E-state index contributed by atoms with van der Waals surface area (Å²) < 4.78 is 0. The van der Waals surface area contributed by atoms with E-state index in [0.717, 1.165) is 0 Å². The summed E-state index contributed by atoms with van der Waals surface area (Å²) in [6, 6.07) is 0. The van der Waals surface area contributed by atoms with Crippen molar-refractivity contribution in [2.24, 2.45) is 11.5 Å². The van der Waals surface area contributed by atoms with Gasteiger partial charge in [0.15, 0.2) is 0 Å². The Morgan fingerprint density at radius 3 is 1.88 bits per heavy atom. The molecule has 0 aliphatic rings. The molecule has 0 bridgehead atoms. The molecule has 0 fully saturated rings. The van der Waals surface area contributed by atoms with E-state index in [4.69, 9.17) is 10.8 Å². The van der Waals surface area contributed by atoms with E-state index in [1.165, 1.54) is 6.92 Å². The van der Waals surface area contributed by atoms with Gasteiger partial charge in [-0.2, -0.15) is 0 Å². The van der Waals surface area contributed by atoms with Crippen molar-refractivity contribution in [3.8, 4) is 0 Å². The van der Waals surface area contributed by atoms with Gasteiger partial charge in [0.05, 0.1) is 0 Å². The summed E-state index contributed by atoms with van der Waals surface area (Å²) in [7, 11) is 0. The SMILES string of the molecule is C/C(O)=C(\N)C(N)=O. The predicted molar refractivity (Wildman–Crippen MR) is 28.7 cm³/mol. The fourth-order valence-electron chi connectivity index (χ4n) is 0.178. The third-order valence-electron chi connectivity index (χ3n) is 0.655. The number of aliphatic hydroxyl groups is 1. The van der Waals surface area contributed by atoms with Crippen LogP contribution in [-0.2, 0) is 4.79 Å². The fourth-order valence-corrected chi connectivity index (χ4v) is 0.178. The van der Waals surface area contributed by atoms with Crippen LogP contribution in [0, 0.1) is 0 Å². The summed E-state index contributed by atoms with van der Waals surface area (Å²) in [5, 5.41) is 8.45. The summed E-state index contributed by atoms with van der Waals surface area (Å²) in [5.41, 5.74) is 9.28. The molecule has 4 nitrogen and oxygen atoms in total. The molecule has 8 heavy (non-hydrogen) atoms. The number of aliphatic hydroxyl groups excluding tert-OH is 1. The first kappa shape index (κ1) is 6.81. The van der Waals surface area contributed by atoms with Gasteiger partial charge in [-0.05, 0) is 6.92 Å². The Labute approximate surface area is 46.8 Å². The van der Waals surface area contributed by atoms with E-state index in [0.29, 0.717) is 0 Å². The molecule has 0 aliphatic carbocycles. The summed E-state index contributed by atoms with van der Waals surface area (Å²) in [6.45, 7) is 1.29. The zero-order valence-corrected chi connectivity index (χ0v) is 4.51. The molecule has 0 aromatic heterocycles. The minimum Gasteiger partial charge on any atom is -0.510 e. The Hall–Kier alpha value is -1.19. The minimum absolute atomic E-state index is 0.238. The van der Waals surface area contributed by atoms with Crippen molar-refractivity contribution in [1.82, 2.24) is 0 Å². The maximum absolute atomic E-state index is 10.0. The highest BCUT2D eigenvalue weighted by Gasteiger charge is 2.00. The number of primary amides is 1. The first-order chi connectivity index (χ1) is 3.55. The fraction of sp³-hybridized carbons (Fsp3) is 0.250. The first-order valence-corrected chi connectivity index (χ1v) is 2.01. The first-order valence-electron chi connectivity index (χ1n) is 2.01. The van der Waals surface area contributed by atoms with Gasteiger partial charge in [-0.25, -0.2) is 0 Å². The lowest BCUT2D eigenvalue weighted by molar-refractivity contribution is -0.114. The number of carbonyl (C=O) groups is 1. The smallest absolute Gasteiger partial charge is 0.268 e. The standard InChI is InChI=1S/C4H8N2O2/c1-2(7)3(5)4(6)8/h7H,5H2,1H3,(H2,6,8)/b3-2+. The van der Waals surface area contributed by atoms with Crippen LogP contribution in [0.1, 0.15) is 6.92 Å². The molecule has 0 unspecified atom stereocenters. The zero-order chi connectivity index (χ0) is 6.73. The maximum Gasteiger partial charge on any atom is 0.268 e. The second-order valence-corrected chi connectivity index (χ2v) is 1.36. The zero-order valence-electron chi connectivity index (χ0n) is 4.51. The summed E-state index contributed by atoms with van der Waals surface area (Å²) in [4.78, 5) is 10.0. The van der Waals surface area contributed by atoms with Gasteiger partial charge in [-0.1, -0.05) is 0 Å². The van der Waals surface area contributed by atoms with Crippen LogP contribution in [0.15, 0.2) is 11.5 Å². The van der Waals surface area contributed by atoms with Crippen LogP contribution >= 0.6 is 0 Å². The molecule has 0 heterocycles. The number of nitrogens with two attached hydrogens (primary N) is 2. The van der Waals surface area contributed by atoms with Crippen molar-refractivity contribution >= 4 is 5.91 Å². The van der Waals surface area contributed by atoms with E-state index in [9.17, 15) is 4.79 Å². The summed E-state index contributed by atoms with van der Waals surface area (Å²) in [6.07, 6.45) is 0. The van der Waals surface area contributed by atoms with Crippen LogP contribution < -0.4 is 11.5 Å². The van der Waals surface area contributed by atoms with Gasteiger partial charge in [0, 0.05) is 0 Å². The van der Waals surface area contributed by atoms with Crippen molar-refractivity contribution in [2.45, 2.75) is 6.92 Å². The third kappa shape index (κ3) is 1.51. The highest BCUT2D eigenvalue weighted by molar-refractivity contribution is 5.91. The Kier molecular flexibility index (Phi) is 1.88. The van der Waals surface area contributed by atoms with Gasteiger partial charge in [-0.3, -0.25) is 4.79 Å². The normalized spacial score (nSPS) is 12.6. The molecular formula is C4H8N2O2. The highest BCUT2D eigenvalue weighted by Crippen LogP contribution is 1.88. The van der Waals surface area contributed by atoms with Gasteiger partial charge >= 0.3 is 0 Å². The molecule has 0 atom stereocenters. The summed E-state index contributed by atoms with van der Waals surface area (Å²) in [5.74, 6) is -1.04. The lowest BCUT2D eigenvalue weighted by Gasteiger charge is -1.93. The topological polar surface area (TPSA) is 89.3 Å². The van der Waals surface area contributed by atoms with Crippen LogP contribution in [0.4, 0.5) is 0 Å². The molecular weight excluding hydrogens is 108 g/mol. The number of rotatable bonds is 1. The van der Waals surface area contributed by atoms with Crippen LogP contribution in [-0.4, -0.2) is 11.0 Å². The van der Waals surface area contributed by atoms with E-state index >= 15 is 0 Å². The Morgan fingerprint density at radius 1 is 1.50 bits per heavy atom. The van der Waals surface area contributed by atoms with E-state index in [1.54, 1.807) is 0 Å². The molecule has 0 aromatic rings. The molecule has 0 spiro atoms.